The van der Waals surface area contributed by atoms with Gasteiger partial charge >= 0.3 is 0 Å². The predicted octanol–water partition coefficient (Wildman–Crippen LogP) is 6.34. The second-order valence-electron chi connectivity index (χ2n) is 12.4. The molecule has 40 heavy (non-hydrogen) atoms. The second-order valence-corrected chi connectivity index (χ2v) is 12.4. The summed E-state index contributed by atoms with van der Waals surface area (Å²) in [6, 6.07) is 11.1. The summed E-state index contributed by atoms with van der Waals surface area (Å²) >= 11 is 0. The number of anilines is 3. The number of nitrogens with one attached hydrogen (secondary N) is 2. The monoisotopic (exact) mass is 550 g/mol. The first kappa shape index (κ1) is 30.6. The van der Waals surface area contributed by atoms with Gasteiger partial charge in [-0.3, -0.25) is 4.90 Å². The molecule has 1 saturated carbocycles. The van der Waals surface area contributed by atoms with Crippen LogP contribution in [-0.2, 0) is 13.0 Å². The fourth-order valence-electron chi connectivity index (χ4n) is 6.01. The Bertz CT molecular complexity index is 967. The van der Waals surface area contributed by atoms with E-state index in [4.69, 9.17) is 9.97 Å². The lowest BCUT2D eigenvalue weighted by Gasteiger charge is -2.35. The van der Waals surface area contributed by atoms with E-state index in [1.54, 1.807) is 0 Å². The SMILES string of the molecule is CC(C)CNc1cc(N2CCN(CCO)CC2)nc(NCc2ccc(CCCCCCC3CCCCC3)cc2)n1. The highest BCUT2D eigenvalue weighted by atomic mass is 16.3. The summed E-state index contributed by atoms with van der Waals surface area (Å²) in [5.74, 6) is 4.06. The van der Waals surface area contributed by atoms with Crippen LogP contribution in [0, 0.1) is 11.8 Å². The van der Waals surface area contributed by atoms with Crippen LogP contribution in [-0.4, -0.2) is 65.8 Å². The third kappa shape index (κ3) is 10.5. The van der Waals surface area contributed by atoms with Gasteiger partial charge in [-0.1, -0.05) is 95.9 Å². The van der Waals surface area contributed by atoms with E-state index < -0.39 is 0 Å². The molecular formula is C33H54N6O. The third-order valence-electron chi connectivity index (χ3n) is 8.54. The smallest absolute Gasteiger partial charge is 0.226 e. The van der Waals surface area contributed by atoms with Crippen LogP contribution < -0.4 is 15.5 Å². The highest BCUT2D eigenvalue weighted by Crippen LogP contribution is 2.28. The maximum Gasteiger partial charge on any atom is 0.226 e. The highest BCUT2D eigenvalue weighted by molar-refractivity contribution is 5.54. The molecular weight excluding hydrogens is 496 g/mol. The number of hydrogen-bond donors (Lipinski definition) is 3. The molecule has 3 N–H and O–H groups in total. The van der Waals surface area contributed by atoms with E-state index in [0.717, 1.165) is 56.8 Å². The summed E-state index contributed by atoms with van der Waals surface area (Å²) in [5.41, 5.74) is 2.69. The standard InChI is InChI=1S/C33H54N6O/c1-27(2)25-34-31-24-32(39-20-18-38(19-21-39)22-23-40)37-33(36-31)35-26-30-16-14-29(15-17-30)13-7-4-3-6-10-28-11-8-5-9-12-28/h14-17,24,27-28,40H,3-13,18-23,25-26H2,1-2H3,(H2,34,35,36,37). The fourth-order valence-corrected chi connectivity index (χ4v) is 6.01. The van der Waals surface area contributed by atoms with Crippen molar-refractivity contribution in [1.29, 1.82) is 0 Å². The van der Waals surface area contributed by atoms with Gasteiger partial charge in [-0.2, -0.15) is 9.97 Å². The molecule has 0 atom stereocenters. The Kier molecular flexibility index (Phi) is 12.8. The molecule has 1 aromatic carbocycles. The van der Waals surface area contributed by atoms with Gasteiger partial charge < -0.3 is 20.6 Å². The van der Waals surface area contributed by atoms with Gasteiger partial charge in [-0.05, 0) is 35.8 Å². The lowest BCUT2D eigenvalue weighted by Crippen LogP contribution is -2.47. The molecule has 4 rings (SSSR count). The molecule has 2 fully saturated rings. The zero-order chi connectivity index (χ0) is 28.0. The van der Waals surface area contributed by atoms with E-state index in [0.29, 0.717) is 18.4 Å². The van der Waals surface area contributed by atoms with Crippen molar-refractivity contribution in [2.45, 2.75) is 91.0 Å². The Hall–Kier alpha value is -2.38. The lowest BCUT2D eigenvalue weighted by atomic mass is 9.85. The minimum absolute atomic E-state index is 0.214. The zero-order valence-corrected chi connectivity index (χ0v) is 25.2. The topological polar surface area (TPSA) is 76.5 Å². The number of aryl methyl sites for hydroxylation is 1. The molecule has 2 aromatic rings. The van der Waals surface area contributed by atoms with Gasteiger partial charge in [0.05, 0.1) is 6.61 Å². The quantitative estimate of drug-likeness (QED) is 0.210. The van der Waals surface area contributed by atoms with Gasteiger partial charge in [0.25, 0.3) is 0 Å². The average molecular weight is 551 g/mol. The normalized spacial score (nSPS) is 16.9. The number of aliphatic hydroxyl groups is 1. The predicted molar refractivity (Wildman–Crippen MR) is 168 cm³/mol. The Morgan fingerprint density at radius 1 is 0.875 bits per heavy atom. The Morgan fingerprint density at radius 2 is 1.60 bits per heavy atom. The molecule has 222 valence electrons. The fraction of sp³-hybridized carbons (Fsp3) is 0.697. The summed E-state index contributed by atoms with van der Waals surface area (Å²) in [6.45, 7) is 10.6. The molecule has 1 saturated heterocycles. The highest BCUT2D eigenvalue weighted by Gasteiger charge is 2.19. The van der Waals surface area contributed by atoms with E-state index in [2.05, 4.69) is 64.6 Å². The molecule has 0 amide bonds. The van der Waals surface area contributed by atoms with Crippen molar-refractivity contribution in [3.05, 3.63) is 41.5 Å². The first-order chi connectivity index (χ1) is 19.6. The van der Waals surface area contributed by atoms with Crippen molar-refractivity contribution in [1.82, 2.24) is 14.9 Å². The van der Waals surface area contributed by atoms with E-state index in [-0.39, 0.29) is 6.61 Å². The molecule has 0 radical (unpaired) electrons. The summed E-state index contributed by atoms with van der Waals surface area (Å²) < 4.78 is 0. The number of piperazine rings is 1. The van der Waals surface area contributed by atoms with Crippen LogP contribution in [0.25, 0.3) is 0 Å². The van der Waals surface area contributed by atoms with E-state index in [1.807, 2.05) is 0 Å². The Labute approximate surface area is 243 Å². The summed E-state index contributed by atoms with van der Waals surface area (Å²) in [7, 11) is 0. The number of nitrogens with zero attached hydrogens (tertiary/aromatic N) is 4. The molecule has 1 aromatic heterocycles. The number of rotatable bonds is 16. The first-order valence-corrected chi connectivity index (χ1v) is 16.1. The van der Waals surface area contributed by atoms with Crippen molar-refractivity contribution < 1.29 is 5.11 Å². The van der Waals surface area contributed by atoms with Crippen LogP contribution in [0.2, 0.25) is 0 Å². The van der Waals surface area contributed by atoms with E-state index >= 15 is 0 Å². The van der Waals surface area contributed by atoms with Gasteiger partial charge in [-0.15, -0.1) is 0 Å². The Balaban J connectivity index is 1.23. The lowest BCUT2D eigenvalue weighted by molar-refractivity contribution is 0.188. The summed E-state index contributed by atoms with van der Waals surface area (Å²) in [4.78, 5) is 14.3. The van der Waals surface area contributed by atoms with E-state index in [9.17, 15) is 5.11 Å². The Morgan fingerprint density at radius 3 is 2.33 bits per heavy atom. The zero-order valence-electron chi connectivity index (χ0n) is 25.2. The molecule has 2 aliphatic rings. The molecule has 7 heteroatoms. The minimum atomic E-state index is 0.214. The van der Waals surface area contributed by atoms with Crippen LogP contribution in [0.1, 0.15) is 89.2 Å². The van der Waals surface area contributed by atoms with Gasteiger partial charge in [0, 0.05) is 51.9 Å². The number of β-amino-alcohol motifs (C(OH)–C–C–N with tert-alkyl or cyclic N) is 1. The molecule has 0 unspecified atom stereocenters. The second kappa shape index (κ2) is 16.8. The van der Waals surface area contributed by atoms with Crippen molar-refractivity contribution in [2.24, 2.45) is 11.8 Å². The molecule has 7 nitrogen and oxygen atoms in total. The molecule has 0 spiro atoms. The number of aliphatic hydroxyl groups excluding tert-OH is 1. The van der Waals surface area contributed by atoms with Crippen molar-refractivity contribution in [3.63, 3.8) is 0 Å². The molecule has 1 aliphatic heterocycles. The van der Waals surface area contributed by atoms with Crippen molar-refractivity contribution in [2.75, 3.05) is 61.4 Å². The van der Waals surface area contributed by atoms with Crippen molar-refractivity contribution >= 4 is 17.6 Å². The maximum absolute atomic E-state index is 9.26. The number of hydrogen-bond acceptors (Lipinski definition) is 7. The van der Waals surface area contributed by atoms with Crippen LogP contribution >= 0.6 is 0 Å². The number of unbranched alkanes of at least 4 members (excludes halogenated alkanes) is 3. The van der Waals surface area contributed by atoms with Gasteiger partial charge in [-0.25, -0.2) is 0 Å². The number of benzene rings is 1. The van der Waals surface area contributed by atoms with Crippen LogP contribution in [0.4, 0.5) is 17.6 Å². The molecule has 2 heterocycles. The maximum atomic E-state index is 9.26. The summed E-state index contributed by atoms with van der Waals surface area (Å²) in [5, 5.41) is 16.2. The van der Waals surface area contributed by atoms with Crippen LogP contribution in [0.5, 0.6) is 0 Å². The molecule has 1 aliphatic carbocycles. The largest absolute Gasteiger partial charge is 0.395 e. The summed E-state index contributed by atoms with van der Waals surface area (Å²) in [6.07, 6.45) is 15.5. The average Bonchev–Trinajstić information content (AvgIpc) is 2.98. The van der Waals surface area contributed by atoms with E-state index in [1.165, 1.54) is 81.8 Å². The van der Waals surface area contributed by atoms with Crippen LogP contribution in [0.3, 0.4) is 0 Å². The first-order valence-electron chi connectivity index (χ1n) is 16.1. The minimum Gasteiger partial charge on any atom is -0.395 e. The van der Waals surface area contributed by atoms with Gasteiger partial charge in [0.15, 0.2) is 0 Å². The van der Waals surface area contributed by atoms with Crippen LogP contribution in [0.15, 0.2) is 30.3 Å². The third-order valence-corrected chi connectivity index (χ3v) is 8.54. The number of aromatic nitrogens is 2. The van der Waals surface area contributed by atoms with Gasteiger partial charge in [0.2, 0.25) is 5.95 Å². The van der Waals surface area contributed by atoms with Gasteiger partial charge in [0.1, 0.15) is 11.6 Å². The molecule has 0 bridgehead atoms. The van der Waals surface area contributed by atoms with Crippen molar-refractivity contribution in [3.8, 4) is 0 Å².